The van der Waals surface area contributed by atoms with E-state index in [0.717, 1.165) is 25.8 Å². The van der Waals surface area contributed by atoms with E-state index in [1.54, 1.807) is 0 Å². The van der Waals surface area contributed by atoms with Crippen molar-refractivity contribution in [2.45, 2.75) is 52.0 Å². The summed E-state index contributed by atoms with van der Waals surface area (Å²) in [6.07, 6.45) is 7.38. The smallest absolute Gasteiger partial charge is 0.230 e. The van der Waals surface area contributed by atoms with E-state index in [2.05, 4.69) is 41.8 Å². The summed E-state index contributed by atoms with van der Waals surface area (Å²) in [5.41, 5.74) is 6.71. The van der Waals surface area contributed by atoms with Gasteiger partial charge in [0.05, 0.1) is 11.5 Å². The maximum Gasteiger partial charge on any atom is 0.230 e. The SMILES string of the molecule is CCC(C)(CN)C(=O)N1CCCCCC1c1cccn1C. The highest BCUT2D eigenvalue weighted by Crippen LogP contribution is 2.34. The Bertz CT molecular complexity index is 476. The fraction of sp³-hybridized carbons (Fsp3) is 0.706. The molecule has 4 nitrogen and oxygen atoms in total. The third-order valence-electron chi connectivity index (χ3n) is 5.09. The second-order valence-electron chi connectivity index (χ2n) is 6.53. The molecule has 2 atom stereocenters. The minimum atomic E-state index is -0.437. The van der Waals surface area contributed by atoms with Crippen molar-refractivity contribution in [1.82, 2.24) is 9.47 Å². The van der Waals surface area contributed by atoms with Gasteiger partial charge in [-0.25, -0.2) is 0 Å². The number of amides is 1. The first-order valence-corrected chi connectivity index (χ1v) is 8.16. The molecule has 0 aromatic carbocycles. The van der Waals surface area contributed by atoms with Crippen LogP contribution >= 0.6 is 0 Å². The summed E-state index contributed by atoms with van der Waals surface area (Å²) in [5.74, 6) is 0.223. The first-order chi connectivity index (χ1) is 10.0. The largest absolute Gasteiger partial charge is 0.353 e. The van der Waals surface area contributed by atoms with Crippen LogP contribution in [0, 0.1) is 5.41 Å². The molecule has 1 aliphatic heterocycles. The zero-order chi connectivity index (χ0) is 15.5. The Morgan fingerprint density at radius 3 is 2.76 bits per heavy atom. The van der Waals surface area contributed by atoms with Gasteiger partial charge in [0.25, 0.3) is 0 Å². The normalized spacial score (nSPS) is 22.7. The van der Waals surface area contributed by atoms with E-state index in [4.69, 9.17) is 5.73 Å². The van der Waals surface area contributed by atoms with Crippen LogP contribution in [0.25, 0.3) is 0 Å². The summed E-state index contributed by atoms with van der Waals surface area (Å²) in [6, 6.07) is 4.39. The van der Waals surface area contributed by atoms with Crippen molar-refractivity contribution in [1.29, 1.82) is 0 Å². The first-order valence-electron chi connectivity index (χ1n) is 8.16. The summed E-state index contributed by atoms with van der Waals surface area (Å²) in [7, 11) is 2.06. The molecule has 0 saturated carbocycles. The Morgan fingerprint density at radius 1 is 1.43 bits per heavy atom. The Hall–Kier alpha value is -1.29. The van der Waals surface area contributed by atoms with E-state index in [1.807, 2.05) is 6.92 Å². The highest BCUT2D eigenvalue weighted by Gasteiger charge is 2.38. The monoisotopic (exact) mass is 291 g/mol. The molecule has 0 radical (unpaired) electrons. The topological polar surface area (TPSA) is 51.3 Å². The summed E-state index contributed by atoms with van der Waals surface area (Å²) in [4.78, 5) is 15.2. The summed E-state index contributed by atoms with van der Waals surface area (Å²) in [6.45, 7) is 5.32. The molecule has 1 saturated heterocycles. The molecular weight excluding hydrogens is 262 g/mol. The third kappa shape index (κ3) is 3.15. The lowest BCUT2D eigenvalue weighted by atomic mass is 9.85. The fourth-order valence-corrected chi connectivity index (χ4v) is 3.21. The standard InChI is InChI=1S/C17H29N3O/c1-4-17(2,13-18)16(21)20-12-7-5-6-9-15(20)14-10-8-11-19(14)3/h8,10-11,15H,4-7,9,12-13,18H2,1-3H3. The average Bonchev–Trinajstić information content (AvgIpc) is 2.78. The molecule has 0 bridgehead atoms. The minimum absolute atomic E-state index is 0.192. The van der Waals surface area contributed by atoms with Crippen molar-refractivity contribution >= 4 is 5.91 Å². The van der Waals surface area contributed by atoms with Crippen LogP contribution in [0.1, 0.15) is 57.7 Å². The number of rotatable bonds is 4. The molecule has 0 aliphatic carbocycles. The van der Waals surface area contributed by atoms with Crippen molar-refractivity contribution in [2.24, 2.45) is 18.2 Å². The van der Waals surface area contributed by atoms with Crippen molar-refractivity contribution in [3.05, 3.63) is 24.0 Å². The molecule has 1 aliphatic rings. The van der Waals surface area contributed by atoms with Gasteiger partial charge in [0.1, 0.15) is 0 Å². The van der Waals surface area contributed by atoms with Gasteiger partial charge in [0, 0.05) is 32.0 Å². The summed E-state index contributed by atoms with van der Waals surface area (Å²) < 4.78 is 2.14. The van der Waals surface area contributed by atoms with Crippen molar-refractivity contribution in [3.8, 4) is 0 Å². The average molecular weight is 291 g/mol. The molecular formula is C17H29N3O. The van der Waals surface area contributed by atoms with Crippen molar-refractivity contribution in [3.63, 3.8) is 0 Å². The summed E-state index contributed by atoms with van der Waals surface area (Å²) >= 11 is 0. The van der Waals surface area contributed by atoms with Gasteiger partial charge in [-0.1, -0.05) is 19.8 Å². The Kier molecular flexibility index (Phi) is 5.09. The van der Waals surface area contributed by atoms with Gasteiger partial charge in [0.2, 0.25) is 5.91 Å². The molecule has 1 aromatic rings. The number of likely N-dealkylation sites (tertiary alicyclic amines) is 1. The number of hydrogen-bond acceptors (Lipinski definition) is 2. The van der Waals surface area contributed by atoms with E-state index in [0.29, 0.717) is 6.54 Å². The van der Waals surface area contributed by atoms with Crippen LogP contribution in [0.3, 0.4) is 0 Å². The van der Waals surface area contributed by atoms with E-state index in [9.17, 15) is 4.79 Å². The number of carbonyl (C=O) groups excluding carboxylic acids is 1. The van der Waals surface area contributed by atoms with E-state index in [1.165, 1.54) is 18.5 Å². The number of nitrogens with two attached hydrogens (primary N) is 1. The molecule has 1 amide bonds. The summed E-state index contributed by atoms with van der Waals surface area (Å²) in [5, 5.41) is 0. The second-order valence-corrected chi connectivity index (χ2v) is 6.53. The van der Waals surface area contributed by atoms with Crippen LogP contribution in [-0.4, -0.2) is 28.5 Å². The Labute approximate surface area is 128 Å². The lowest BCUT2D eigenvalue weighted by Gasteiger charge is -2.37. The highest BCUT2D eigenvalue weighted by molar-refractivity contribution is 5.83. The van der Waals surface area contributed by atoms with Gasteiger partial charge in [-0.05, 0) is 38.3 Å². The number of carbonyl (C=O) groups is 1. The van der Waals surface area contributed by atoms with Crippen LogP contribution in [-0.2, 0) is 11.8 Å². The van der Waals surface area contributed by atoms with Gasteiger partial charge in [0.15, 0.2) is 0 Å². The van der Waals surface area contributed by atoms with E-state index in [-0.39, 0.29) is 11.9 Å². The molecule has 0 spiro atoms. The van der Waals surface area contributed by atoms with Crippen LogP contribution in [0.2, 0.25) is 0 Å². The Balaban J connectivity index is 2.32. The third-order valence-corrected chi connectivity index (χ3v) is 5.09. The van der Waals surface area contributed by atoms with Gasteiger partial charge in [-0.2, -0.15) is 0 Å². The van der Waals surface area contributed by atoms with Crippen molar-refractivity contribution < 1.29 is 4.79 Å². The molecule has 2 unspecified atom stereocenters. The van der Waals surface area contributed by atoms with Crippen LogP contribution in [0.4, 0.5) is 0 Å². The van der Waals surface area contributed by atoms with E-state index < -0.39 is 5.41 Å². The quantitative estimate of drug-likeness (QED) is 0.927. The number of hydrogen-bond donors (Lipinski definition) is 1. The fourth-order valence-electron chi connectivity index (χ4n) is 3.21. The predicted molar refractivity (Wildman–Crippen MR) is 85.8 cm³/mol. The maximum atomic E-state index is 13.1. The van der Waals surface area contributed by atoms with Gasteiger partial charge >= 0.3 is 0 Å². The van der Waals surface area contributed by atoms with Crippen LogP contribution in [0.15, 0.2) is 18.3 Å². The zero-order valence-corrected chi connectivity index (χ0v) is 13.6. The lowest BCUT2D eigenvalue weighted by molar-refractivity contribution is -0.143. The van der Waals surface area contributed by atoms with Crippen molar-refractivity contribution in [2.75, 3.05) is 13.1 Å². The molecule has 2 rings (SSSR count). The molecule has 21 heavy (non-hydrogen) atoms. The molecule has 118 valence electrons. The predicted octanol–water partition coefficient (Wildman–Crippen LogP) is 2.84. The second kappa shape index (κ2) is 6.65. The van der Waals surface area contributed by atoms with E-state index >= 15 is 0 Å². The molecule has 1 fully saturated rings. The maximum absolute atomic E-state index is 13.1. The first kappa shape index (κ1) is 16.1. The number of aromatic nitrogens is 1. The zero-order valence-electron chi connectivity index (χ0n) is 13.6. The minimum Gasteiger partial charge on any atom is -0.353 e. The highest BCUT2D eigenvalue weighted by atomic mass is 16.2. The van der Waals surface area contributed by atoms with Crippen LogP contribution in [0.5, 0.6) is 0 Å². The molecule has 1 aromatic heterocycles. The van der Waals surface area contributed by atoms with Gasteiger partial charge in [-0.3, -0.25) is 4.79 Å². The van der Waals surface area contributed by atoms with Crippen LogP contribution < -0.4 is 5.73 Å². The lowest BCUT2D eigenvalue weighted by Crippen LogP contribution is -2.47. The number of nitrogens with zero attached hydrogens (tertiary/aromatic N) is 2. The molecule has 4 heteroatoms. The number of aryl methyl sites for hydroxylation is 1. The van der Waals surface area contributed by atoms with Gasteiger partial charge < -0.3 is 15.2 Å². The molecule has 2 N–H and O–H groups in total. The van der Waals surface area contributed by atoms with Gasteiger partial charge in [-0.15, -0.1) is 0 Å². The molecule has 2 heterocycles. The Morgan fingerprint density at radius 2 is 2.19 bits per heavy atom.